The molecule has 0 saturated carbocycles. The summed E-state index contributed by atoms with van der Waals surface area (Å²) < 4.78 is 1.84. The SMILES string of the molecule is CCNC1CCCc2sc(N(C)Cc3cnn(C)c3)nc21. The first kappa shape index (κ1) is 14.5. The summed E-state index contributed by atoms with van der Waals surface area (Å²) in [5, 5.41) is 8.91. The van der Waals surface area contributed by atoms with Crippen molar-refractivity contribution in [3.05, 3.63) is 28.5 Å². The van der Waals surface area contributed by atoms with Gasteiger partial charge in [0.05, 0.1) is 17.9 Å². The largest absolute Gasteiger partial charge is 0.347 e. The van der Waals surface area contributed by atoms with Crippen molar-refractivity contribution >= 4 is 16.5 Å². The Labute approximate surface area is 130 Å². The van der Waals surface area contributed by atoms with Crippen molar-refractivity contribution in [3.8, 4) is 0 Å². The van der Waals surface area contributed by atoms with Crippen molar-refractivity contribution in [1.29, 1.82) is 0 Å². The van der Waals surface area contributed by atoms with Gasteiger partial charge in [-0.2, -0.15) is 5.10 Å². The van der Waals surface area contributed by atoms with Crippen LogP contribution >= 0.6 is 11.3 Å². The van der Waals surface area contributed by atoms with Gasteiger partial charge in [-0.25, -0.2) is 4.98 Å². The second kappa shape index (κ2) is 6.15. The third-order valence-corrected chi connectivity index (χ3v) is 5.14. The fourth-order valence-corrected chi connectivity index (χ4v) is 4.03. The second-order valence-corrected chi connectivity index (χ2v) is 6.75. The number of hydrogen-bond acceptors (Lipinski definition) is 5. The highest BCUT2D eigenvalue weighted by molar-refractivity contribution is 7.15. The Morgan fingerprint density at radius 2 is 2.38 bits per heavy atom. The molecular formula is C15H23N5S. The van der Waals surface area contributed by atoms with Crippen molar-refractivity contribution in [1.82, 2.24) is 20.1 Å². The first-order valence-corrected chi connectivity index (χ1v) is 8.40. The predicted octanol–water partition coefficient (Wildman–Crippen LogP) is 2.50. The second-order valence-electron chi connectivity index (χ2n) is 5.69. The van der Waals surface area contributed by atoms with Gasteiger partial charge in [-0.3, -0.25) is 4.68 Å². The van der Waals surface area contributed by atoms with Crippen molar-refractivity contribution in [2.75, 3.05) is 18.5 Å². The molecule has 2 heterocycles. The van der Waals surface area contributed by atoms with Gasteiger partial charge < -0.3 is 10.2 Å². The topological polar surface area (TPSA) is 46.0 Å². The average Bonchev–Trinajstić information content (AvgIpc) is 3.06. The molecule has 0 fully saturated rings. The molecule has 1 atom stereocenters. The van der Waals surface area contributed by atoms with Gasteiger partial charge >= 0.3 is 0 Å². The number of thiazole rings is 1. The molecule has 114 valence electrons. The van der Waals surface area contributed by atoms with E-state index in [2.05, 4.69) is 35.5 Å². The molecule has 0 aromatic carbocycles. The van der Waals surface area contributed by atoms with E-state index in [1.807, 2.05) is 29.3 Å². The maximum atomic E-state index is 4.91. The summed E-state index contributed by atoms with van der Waals surface area (Å²) in [6, 6.07) is 0.440. The van der Waals surface area contributed by atoms with E-state index in [1.165, 1.54) is 35.4 Å². The molecule has 21 heavy (non-hydrogen) atoms. The number of aryl methyl sites for hydroxylation is 2. The van der Waals surface area contributed by atoms with E-state index in [0.717, 1.165) is 18.2 Å². The van der Waals surface area contributed by atoms with Crippen LogP contribution in [0.3, 0.4) is 0 Å². The Balaban J connectivity index is 1.76. The van der Waals surface area contributed by atoms with Gasteiger partial charge in [0.15, 0.2) is 5.13 Å². The lowest BCUT2D eigenvalue weighted by Crippen LogP contribution is -2.24. The van der Waals surface area contributed by atoms with Crippen LogP contribution in [-0.4, -0.2) is 28.4 Å². The Bertz CT molecular complexity index is 603. The fourth-order valence-electron chi connectivity index (χ4n) is 2.91. The molecule has 0 amide bonds. The lowest BCUT2D eigenvalue weighted by Gasteiger charge is -2.21. The minimum absolute atomic E-state index is 0.440. The summed E-state index contributed by atoms with van der Waals surface area (Å²) in [4.78, 5) is 8.59. The number of nitrogens with zero attached hydrogens (tertiary/aromatic N) is 4. The molecule has 1 N–H and O–H groups in total. The van der Waals surface area contributed by atoms with E-state index in [-0.39, 0.29) is 0 Å². The molecule has 0 aliphatic heterocycles. The number of anilines is 1. The molecule has 1 aliphatic rings. The predicted molar refractivity (Wildman–Crippen MR) is 86.8 cm³/mol. The number of nitrogens with one attached hydrogen (secondary N) is 1. The number of fused-ring (bicyclic) bond motifs is 1. The van der Waals surface area contributed by atoms with Crippen LogP contribution in [0, 0.1) is 0 Å². The average molecular weight is 305 g/mol. The monoisotopic (exact) mass is 305 g/mol. The van der Waals surface area contributed by atoms with Gasteiger partial charge in [-0.1, -0.05) is 6.92 Å². The Morgan fingerprint density at radius 1 is 1.52 bits per heavy atom. The molecule has 0 bridgehead atoms. The minimum Gasteiger partial charge on any atom is -0.347 e. The van der Waals surface area contributed by atoms with Crippen molar-refractivity contribution in [3.63, 3.8) is 0 Å². The van der Waals surface area contributed by atoms with Gasteiger partial charge in [0.2, 0.25) is 0 Å². The van der Waals surface area contributed by atoms with Crippen LogP contribution < -0.4 is 10.2 Å². The first-order valence-electron chi connectivity index (χ1n) is 7.59. The number of hydrogen-bond donors (Lipinski definition) is 1. The third-order valence-electron chi connectivity index (χ3n) is 3.90. The molecule has 0 saturated heterocycles. The van der Waals surface area contributed by atoms with Gasteiger partial charge in [0, 0.05) is 37.3 Å². The van der Waals surface area contributed by atoms with Crippen LogP contribution in [-0.2, 0) is 20.0 Å². The standard InChI is InChI=1S/C15H23N5S/c1-4-16-12-6-5-7-13-14(12)18-15(21-13)19(2)9-11-8-17-20(3)10-11/h8,10,12,16H,4-7,9H2,1-3H3. The molecular weight excluding hydrogens is 282 g/mol. The summed E-state index contributed by atoms with van der Waals surface area (Å²) >= 11 is 1.85. The van der Waals surface area contributed by atoms with Crippen molar-refractivity contribution in [2.45, 2.75) is 38.8 Å². The Hall–Kier alpha value is -1.40. The summed E-state index contributed by atoms with van der Waals surface area (Å²) in [6.45, 7) is 4.02. The van der Waals surface area contributed by atoms with Gasteiger partial charge in [-0.05, 0) is 25.8 Å². The Kier molecular flexibility index (Phi) is 4.26. The minimum atomic E-state index is 0.440. The van der Waals surface area contributed by atoms with E-state index < -0.39 is 0 Å². The van der Waals surface area contributed by atoms with Crippen molar-refractivity contribution < 1.29 is 0 Å². The normalized spacial score (nSPS) is 17.8. The molecule has 3 rings (SSSR count). The van der Waals surface area contributed by atoms with Gasteiger partial charge in [0.25, 0.3) is 0 Å². The molecule has 2 aromatic rings. The third kappa shape index (κ3) is 3.11. The quantitative estimate of drug-likeness (QED) is 0.922. The van der Waals surface area contributed by atoms with E-state index in [4.69, 9.17) is 4.98 Å². The van der Waals surface area contributed by atoms with Gasteiger partial charge in [-0.15, -0.1) is 11.3 Å². The van der Waals surface area contributed by atoms with Gasteiger partial charge in [0.1, 0.15) is 0 Å². The van der Waals surface area contributed by atoms with E-state index in [1.54, 1.807) is 0 Å². The molecule has 1 aliphatic carbocycles. The molecule has 2 aromatic heterocycles. The van der Waals surface area contributed by atoms with Crippen LogP contribution in [0.1, 0.15) is 41.9 Å². The highest BCUT2D eigenvalue weighted by Crippen LogP contribution is 2.36. The zero-order valence-electron chi connectivity index (χ0n) is 13.0. The molecule has 5 nitrogen and oxygen atoms in total. The summed E-state index contributed by atoms with van der Waals surface area (Å²) in [7, 11) is 4.06. The highest BCUT2D eigenvalue weighted by atomic mass is 32.1. The zero-order valence-corrected chi connectivity index (χ0v) is 13.8. The summed E-state index contributed by atoms with van der Waals surface area (Å²) in [5.74, 6) is 0. The van der Waals surface area contributed by atoms with Crippen LogP contribution in [0.5, 0.6) is 0 Å². The Morgan fingerprint density at radius 3 is 3.10 bits per heavy atom. The molecule has 1 unspecified atom stereocenters. The molecule has 6 heteroatoms. The smallest absolute Gasteiger partial charge is 0.185 e. The maximum Gasteiger partial charge on any atom is 0.185 e. The van der Waals surface area contributed by atoms with Crippen LogP contribution in [0.4, 0.5) is 5.13 Å². The fraction of sp³-hybridized carbons (Fsp3) is 0.600. The number of aromatic nitrogens is 3. The zero-order chi connectivity index (χ0) is 14.8. The van der Waals surface area contributed by atoms with Crippen LogP contribution in [0.15, 0.2) is 12.4 Å². The maximum absolute atomic E-state index is 4.91. The summed E-state index contributed by atoms with van der Waals surface area (Å²) in [6.07, 6.45) is 7.63. The highest BCUT2D eigenvalue weighted by Gasteiger charge is 2.25. The lowest BCUT2D eigenvalue weighted by molar-refractivity contribution is 0.465. The van der Waals surface area contributed by atoms with E-state index in [0.29, 0.717) is 6.04 Å². The molecule has 0 spiro atoms. The lowest BCUT2D eigenvalue weighted by atomic mass is 9.98. The number of rotatable bonds is 5. The van der Waals surface area contributed by atoms with E-state index >= 15 is 0 Å². The van der Waals surface area contributed by atoms with E-state index in [9.17, 15) is 0 Å². The first-order chi connectivity index (χ1) is 10.2. The summed E-state index contributed by atoms with van der Waals surface area (Å²) in [5.41, 5.74) is 2.50. The van der Waals surface area contributed by atoms with Crippen molar-refractivity contribution in [2.24, 2.45) is 7.05 Å². The molecule has 0 radical (unpaired) electrons. The van der Waals surface area contributed by atoms with Crippen LogP contribution in [0.2, 0.25) is 0 Å². The van der Waals surface area contributed by atoms with Crippen LogP contribution in [0.25, 0.3) is 0 Å².